The molecule has 1 atom stereocenters. The maximum absolute atomic E-state index is 4.27. The fourth-order valence-corrected chi connectivity index (χ4v) is 1.68. The van der Waals surface area contributed by atoms with E-state index in [1.807, 2.05) is 11.6 Å². The van der Waals surface area contributed by atoms with E-state index >= 15 is 0 Å². The second kappa shape index (κ2) is 4.58. The summed E-state index contributed by atoms with van der Waals surface area (Å²) in [5, 5.41) is 6.65. The third-order valence-electron chi connectivity index (χ3n) is 1.71. The third-order valence-corrected chi connectivity index (χ3v) is 2.71. The maximum Gasteiger partial charge on any atom is 0.0965 e. The predicted molar refractivity (Wildman–Crippen MR) is 53.7 cm³/mol. The van der Waals surface area contributed by atoms with Crippen molar-refractivity contribution in [1.29, 1.82) is 0 Å². The molecular weight excluding hydrogens is 168 g/mol. The van der Waals surface area contributed by atoms with Gasteiger partial charge in [0.05, 0.1) is 5.01 Å². The van der Waals surface area contributed by atoms with Gasteiger partial charge in [0.25, 0.3) is 0 Å². The molecule has 1 aromatic heterocycles. The molecule has 0 saturated carbocycles. The molecule has 0 aliphatic carbocycles. The first-order chi connectivity index (χ1) is 5.70. The van der Waals surface area contributed by atoms with Gasteiger partial charge in [-0.3, -0.25) is 0 Å². The Hall–Kier alpha value is -0.410. The number of nitrogens with zero attached hydrogens (tertiary/aromatic N) is 1. The molecule has 0 aliphatic rings. The Balaban J connectivity index is 2.34. The molecule has 0 aromatic carbocycles. The van der Waals surface area contributed by atoms with Crippen molar-refractivity contribution in [2.45, 2.75) is 32.7 Å². The fourth-order valence-electron chi connectivity index (χ4n) is 0.978. The standard InChI is InChI=1S/C9H16N2S/c1-7(2)11-6-8(3)9-10-4-5-12-9/h4-5,7-8,11H,6H2,1-3H3. The summed E-state index contributed by atoms with van der Waals surface area (Å²) in [5.41, 5.74) is 0. The highest BCUT2D eigenvalue weighted by atomic mass is 32.1. The lowest BCUT2D eigenvalue weighted by Gasteiger charge is -2.12. The van der Waals surface area contributed by atoms with Crippen LogP contribution in [0.1, 0.15) is 31.7 Å². The average Bonchev–Trinajstić information content (AvgIpc) is 2.51. The minimum Gasteiger partial charge on any atom is -0.314 e. The molecule has 0 spiro atoms. The van der Waals surface area contributed by atoms with Crippen LogP contribution < -0.4 is 5.32 Å². The molecule has 1 rings (SSSR count). The van der Waals surface area contributed by atoms with Crippen LogP contribution in [0.4, 0.5) is 0 Å². The lowest BCUT2D eigenvalue weighted by molar-refractivity contribution is 0.547. The van der Waals surface area contributed by atoms with Crippen LogP contribution in [0, 0.1) is 0 Å². The smallest absolute Gasteiger partial charge is 0.0965 e. The zero-order valence-corrected chi connectivity index (χ0v) is 8.69. The van der Waals surface area contributed by atoms with Gasteiger partial charge < -0.3 is 5.32 Å². The summed E-state index contributed by atoms with van der Waals surface area (Å²) >= 11 is 1.73. The average molecular weight is 184 g/mol. The summed E-state index contributed by atoms with van der Waals surface area (Å²) in [6, 6.07) is 0.562. The Bertz CT molecular complexity index is 206. The topological polar surface area (TPSA) is 24.9 Å². The van der Waals surface area contributed by atoms with Crippen molar-refractivity contribution >= 4 is 11.3 Å². The Morgan fingerprint density at radius 1 is 1.50 bits per heavy atom. The van der Waals surface area contributed by atoms with Gasteiger partial charge in [0.1, 0.15) is 0 Å². The number of rotatable bonds is 4. The minimum absolute atomic E-state index is 0.535. The maximum atomic E-state index is 4.27. The predicted octanol–water partition coefficient (Wildman–Crippen LogP) is 2.24. The van der Waals surface area contributed by atoms with Crippen LogP contribution in [-0.2, 0) is 0 Å². The largest absolute Gasteiger partial charge is 0.314 e. The van der Waals surface area contributed by atoms with Crippen molar-refractivity contribution in [2.75, 3.05) is 6.54 Å². The number of aromatic nitrogens is 1. The summed E-state index contributed by atoms with van der Waals surface area (Å²) in [6.07, 6.45) is 1.87. The molecule has 0 bridgehead atoms. The van der Waals surface area contributed by atoms with E-state index in [0.29, 0.717) is 12.0 Å². The van der Waals surface area contributed by atoms with Crippen LogP contribution >= 0.6 is 11.3 Å². The summed E-state index contributed by atoms with van der Waals surface area (Å²) < 4.78 is 0. The molecule has 12 heavy (non-hydrogen) atoms. The summed E-state index contributed by atoms with van der Waals surface area (Å²) in [5.74, 6) is 0.535. The highest BCUT2D eigenvalue weighted by molar-refractivity contribution is 7.09. The van der Waals surface area contributed by atoms with Crippen LogP contribution in [-0.4, -0.2) is 17.6 Å². The number of nitrogens with one attached hydrogen (secondary N) is 1. The van der Waals surface area contributed by atoms with Gasteiger partial charge in [-0.05, 0) is 0 Å². The Kier molecular flexibility index (Phi) is 3.69. The fraction of sp³-hybridized carbons (Fsp3) is 0.667. The van der Waals surface area contributed by atoms with Crippen molar-refractivity contribution in [3.63, 3.8) is 0 Å². The molecule has 0 amide bonds. The number of thiazole rings is 1. The van der Waals surface area contributed by atoms with Crippen molar-refractivity contribution in [2.24, 2.45) is 0 Å². The van der Waals surface area contributed by atoms with E-state index in [1.54, 1.807) is 11.3 Å². The third kappa shape index (κ3) is 2.91. The summed E-state index contributed by atoms with van der Waals surface area (Å²) in [6.45, 7) is 7.54. The van der Waals surface area contributed by atoms with E-state index in [2.05, 4.69) is 31.1 Å². The molecule has 1 heterocycles. The molecule has 0 saturated heterocycles. The van der Waals surface area contributed by atoms with E-state index in [9.17, 15) is 0 Å². The van der Waals surface area contributed by atoms with E-state index in [1.165, 1.54) is 5.01 Å². The van der Waals surface area contributed by atoms with Gasteiger partial charge in [-0.2, -0.15) is 0 Å². The minimum atomic E-state index is 0.535. The summed E-state index contributed by atoms with van der Waals surface area (Å²) in [4.78, 5) is 4.27. The normalized spacial score (nSPS) is 13.7. The number of hydrogen-bond acceptors (Lipinski definition) is 3. The second-order valence-electron chi connectivity index (χ2n) is 3.33. The van der Waals surface area contributed by atoms with Gasteiger partial charge in [0.15, 0.2) is 0 Å². The molecule has 1 N–H and O–H groups in total. The molecule has 1 aromatic rings. The second-order valence-corrected chi connectivity index (χ2v) is 4.26. The molecule has 0 radical (unpaired) electrons. The molecule has 2 nitrogen and oxygen atoms in total. The zero-order chi connectivity index (χ0) is 8.97. The quantitative estimate of drug-likeness (QED) is 0.776. The van der Waals surface area contributed by atoms with E-state index in [0.717, 1.165) is 6.54 Å². The van der Waals surface area contributed by atoms with Crippen LogP contribution in [0.25, 0.3) is 0 Å². The molecule has 0 aliphatic heterocycles. The van der Waals surface area contributed by atoms with Gasteiger partial charge in [-0.15, -0.1) is 11.3 Å². The van der Waals surface area contributed by atoms with Crippen LogP contribution in [0.3, 0.4) is 0 Å². The SMILES string of the molecule is CC(C)NCC(C)c1nccs1. The van der Waals surface area contributed by atoms with Gasteiger partial charge in [0.2, 0.25) is 0 Å². The lowest BCUT2D eigenvalue weighted by Crippen LogP contribution is -2.26. The van der Waals surface area contributed by atoms with Gasteiger partial charge in [0, 0.05) is 30.1 Å². The van der Waals surface area contributed by atoms with Crippen molar-refractivity contribution in [3.05, 3.63) is 16.6 Å². The Morgan fingerprint density at radius 2 is 2.25 bits per heavy atom. The van der Waals surface area contributed by atoms with Crippen LogP contribution in [0.15, 0.2) is 11.6 Å². The Morgan fingerprint density at radius 3 is 2.75 bits per heavy atom. The molecule has 0 fully saturated rings. The Labute approximate surface area is 78.0 Å². The molecule has 3 heteroatoms. The highest BCUT2D eigenvalue weighted by Crippen LogP contribution is 2.16. The first-order valence-corrected chi connectivity index (χ1v) is 5.21. The highest BCUT2D eigenvalue weighted by Gasteiger charge is 2.07. The molecule has 1 unspecified atom stereocenters. The van der Waals surface area contributed by atoms with Crippen molar-refractivity contribution < 1.29 is 0 Å². The van der Waals surface area contributed by atoms with Crippen LogP contribution in [0.2, 0.25) is 0 Å². The van der Waals surface area contributed by atoms with Gasteiger partial charge >= 0.3 is 0 Å². The lowest BCUT2D eigenvalue weighted by atomic mass is 10.2. The number of hydrogen-bond donors (Lipinski definition) is 1. The zero-order valence-electron chi connectivity index (χ0n) is 7.87. The molecular formula is C9H16N2S. The van der Waals surface area contributed by atoms with Gasteiger partial charge in [-0.25, -0.2) is 4.98 Å². The first-order valence-electron chi connectivity index (χ1n) is 4.33. The van der Waals surface area contributed by atoms with E-state index in [4.69, 9.17) is 0 Å². The monoisotopic (exact) mass is 184 g/mol. The first kappa shape index (κ1) is 9.68. The van der Waals surface area contributed by atoms with E-state index in [-0.39, 0.29) is 0 Å². The van der Waals surface area contributed by atoms with Crippen LogP contribution in [0.5, 0.6) is 0 Å². The van der Waals surface area contributed by atoms with Gasteiger partial charge in [-0.1, -0.05) is 20.8 Å². The van der Waals surface area contributed by atoms with Crippen molar-refractivity contribution in [1.82, 2.24) is 10.3 Å². The molecule has 68 valence electrons. The summed E-state index contributed by atoms with van der Waals surface area (Å²) in [7, 11) is 0. The van der Waals surface area contributed by atoms with Crippen molar-refractivity contribution in [3.8, 4) is 0 Å². The van der Waals surface area contributed by atoms with E-state index < -0.39 is 0 Å².